The van der Waals surface area contributed by atoms with E-state index in [1.807, 2.05) is 42.5 Å². The summed E-state index contributed by atoms with van der Waals surface area (Å²) in [6, 6.07) is 26.2. The van der Waals surface area contributed by atoms with Crippen LogP contribution in [0.1, 0.15) is 31.2 Å². The first kappa shape index (κ1) is 25.9. The van der Waals surface area contributed by atoms with Gasteiger partial charge in [-0.15, -0.1) is 0 Å². The zero-order valence-corrected chi connectivity index (χ0v) is 22.1. The second-order valence-electron chi connectivity index (χ2n) is 10.1. The van der Waals surface area contributed by atoms with E-state index in [0.717, 1.165) is 56.1 Å². The van der Waals surface area contributed by atoms with E-state index >= 15 is 0 Å². The van der Waals surface area contributed by atoms with Crippen LogP contribution in [0.25, 0.3) is 0 Å². The van der Waals surface area contributed by atoms with Crippen molar-refractivity contribution in [1.29, 1.82) is 0 Å². The van der Waals surface area contributed by atoms with Gasteiger partial charge in [-0.3, -0.25) is 9.69 Å². The van der Waals surface area contributed by atoms with Crippen LogP contribution in [0.3, 0.4) is 0 Å². The first-order valence-electron chi connectivity index (χ1n) is 13.6. The number of amides is 1. The second kappa shape index (κ2) is 12.7. The van der Waals surface area contributed by atoms with Crippen LogP contribution in [0.5, 0.6) is 17.2 Å². The minimum Gasteiger partial charge on any atom is -0.493 e. The van der Waals surface area contributed by atoms with Crippen molar-refractivity contribution in [3.8, 4) is 17.2 Å². The zero-order valence-electron chi connectivity index (χ0n) is 22.1. The molecule has 0 bridgehead atoms. The fourth-order valence-electron chi connectivity index (χ4n) is 5.38. The van der Waals surface area contributed by atoms with Crippen molar-refractivity contribution in [3.63, 3.8) is 0 Å². The van der Waals surface area contributed by atoms with E-state index in [2.05, 4.69) is 51.7 Å². The summed E-state index contributed by atoms with van der Waals surface area (Å²) < 4.78 is 12.0. The van der Waals surface area contributed by atoms with Crippen molar-refractivity contribution in [3.05, 3.63) is 84.4 Å². The number of rotatable bonds is 10. The number of anilines is 1. The Balaban J connectivity index is 1.28. The summed E-state index contributed by atoms with van der Waals surface area (Å²) in [6.07, 6.45) is 5.76. The van der Waals surface area contributed by atoms with Gasteiger partial charge in [-0.2, -0.15) is 5.48 Å². The highest BCUT2D eigenvalue weighted by Crippen LogP contribution is 2.35. The zero-order chi connectivity index (χ0) is 26.2. The lowest BCUT2D eigenvalue weighted by molar-refractivity contribution is -0.129. The number of hydroxylamine groups is 1. The van der Waals surface area contributed by atoms with Crippen molar-refractivity contribution >= 4 is 11.6 Å². The fourth-order valence-corrected chi connectivity index (χ4v) is 5.38. The molecule has 1 heterocycles. The number of piperazine rings is 1. The van der Waals surface area contributed by atoms with Crippen LogP contribution in [-0.4, -0.2) is 56.2 Å². The smallest absolute Gasteiger partial charge is 0.266 e. The molecule has 5 rings (SSSR count). The summed E-state index contributed by atoms with van der Waals surface area (Å²) in [5, 5.41) is 0. The fraction of sp³-hybridized carbons (Fsp3) is 0.387. The van der Waals surface area contributed by atoms with Crippen molar-refractivity contribution in [2.24, 2.45) is 0 Å². The highest BCUT2D eigenvalue weighted by Gasteiger charge is 2.30. The van der Waals surface area contributed by atoms with E-state index in [1.165, 1.54) is 18.4 Å². The minimum absolute atomic E-state index is 0.155. The minimum atomic E-state index is -0.155. The van der Waals surface area contributed by atoms with Gasteiger partial charge in [0.15, 0.2) is 17.2 Å². The second-order valence-corrected chi connectivity index (χ2v) is 10.1. The van der Waals surface area contributed by atoms with E-state index in [-0.39, 0.29) is 24.6 Å². The maximum Gasteiger partial charge on any atom is 0.266 e. The lowest BCUT2D eigenvalue weighted by atomic mass is 10.0. The maximum absolute atomic E-state index is 12.8. The van der Waals surface area contributed by atoms with Crippen LogP contribution in [0, 0.1) is 0 Å². The van der Waals surface area contributed by atoms with Crippen molar-refractivity contribution in [1.82, 2.24) is 10.4 Å². The molecule has 2 fully saturated rings. The molecular weight excluding hydrogens is 478 g/mol. The number of carbonyl (C=O) groups is 1. The van der Waals surface area contributed by atoms with E-state index in [9.17, 15) is 4.79 Å². The Morgan fingerprint density at radius 1 is 0.921 bits per heavy atom. The molecule has 2 aliphatic rings. The third kappa shape index (κ3) is 6.78. The van der Waals surface area contributed by atoms with Crippen molar-refractivity contribution < 1.29 is 19.1 Å². The van der Waals surface area contributed by atoms with Crippen LogP contribution in [0.2, 0.25) is 0 Å². The van der Waals surface area contributed by atoms with Crippen LogP contribution in [0.15, 0.2) is 78.9 Å². The molecule has 7 heteroatoms. The number of benzene rings is 3. The van der Waals surface area contributed by atoms with Gasteiger partial charge in [0, 0.05) is 37.4 Å². The number of para-hydroxylation sites is 1. The molecule has 0 spiro atoms. The lowest BCUT2D eigenvalue weighted by Crippen LogP contribution is -2.56. The summed E-state index contributed by atoms with van der Waals surface area (Å²) in [5.74, 6) is 2.05. The molecule has 7 nitrogen and oxygen atoms in total. The van der Waals surface area contributed by atoms with E-state index in [0.29, 0.717) is 5.75 Å². The molecule has 3 aromatic carbocycles. The third-order valence-electron chi connectivity index (χ3n) is 7.40. The molecule has 1 aliphatic carbocycles. The van der Waals surface area contributed by atoms with Gasteiger partial charge in [0.05, 0.1) is 19.8 Å². The first-order valence-corrected chi connectivity index (χ1v) is 13.6. The standard InChI is InChI=1S/C31H37N3O4/c1-36-29-17-16-25(21-30(29)37-27-12-8-9-13-27)33-18-19-34(26(22-33)20-24-10-4-2-5-11-24)23-31(35)32-38-28-14-6-3-7-15-28/h2-7,10-11,14-17,21,26-27H,8-9,12-13,18-20,22-23H2,1H3,(H,32,35)/t26-/m0/s1. The summed E-state index contributed by atoms with van der Waals surface area (Å²) in [4.78, 5) is 22.9. The molecule has 200 valence electrons. The number of ether oxygens (including phenoxy) is 2. The monoisotopic (exact) mass is 515 g/mol. The molecule has 1 amide bonds. The van der Waals surface area contributed by atoms with Crippen LogP contribution < -0.4 is 24.7 Å². The predicted octanol–water partition coefficient (Wildman–Crippen LogP) is 4.86. The molecule has 1 N–H and O–H groups in total. The first-order chi connectivity index (χ1) is 18.7. The Labute approximate surface area is 225 Å². The third-order valence-corrected chi connectivity index (χ3v) is 7.40. The largest absolute Gasteiger partial charge is 0.493 e. The van der Waals surface area contributed by atoms with E-state index in [1.54, 1.807) is 7.11 Å². The number of carbonyl (C=O) groups excluding carboxylic acids is 1. The van der Waals surface area contributed by atoms with Crippen LogP contribution in [-0.2, 0) is 11.2 Å². The summed E-state index contributed by atoms with van der Waals surface area (Å²) in [7, 11) is 1.69. The average molecular weight is 516 g/mol. The van der Waals surface area contributed by atoms with Gasteiger partial charge in [0.2, 0.25) is 0 Å². The van der Waals surface area contributed by atoms with E-state index < -0.39 is 0 Å². The van der Waals surface area contributed by atoms with Crippen molar-refractivity contribution in [2.75, 3.05) is 38.2 Å². The Bertz CT molecular complexity index is 1170. The van der Waals surface area contributed by atoms with Gasteiger partial charge < -0.3 is 19.2 Å². The molecule has 3 aromatic rings. The van der Waals surface area contributed by atoms with Gasteiger partial charge in [0.25, 0.3) is 5.91 Å². The molecular formula is C31H37N3O4. The molecule has 0 unspecified atom stereocenters. The van der Waals surface area contributed by atoms with Gasteiger partial charge in [0.1, 0.15) is 0 Å². The Hall–Kier alpha value is -3.71. The van der Waals surface area contributed by atoms with Crippen molar-refractivity contribution in [2.45, 2.75) is 44.2 Å². The highest BCUT2D eigenvalue weighted by molar-refractivity contribution is 5.77. The molecule has 0 aromatic heterocycles. The topological polar surface area (TPSA) is 63.3 Å². The quantitative estimate of drug-likeness (QED) is 0.389. The Morgan fingerprint density at radius 3 is 2.39 bits per heavy atom. The van der Waals surface area contributed by atoms with Crippen LogP contribution in [0.4, 0.5) is 5.69 Å². The van der Waals surface area contributed by atoms with Gasteiger partial charge in [-0.1, -0.05) is 48.5 Å². The molecule has 1 aliphatic heterocycles. The molecule has 1 saturated carbocycles. The SMILES string of the molecule is COc1ccc(N2CCN(CC(=O)NOc3ccccc3)[C@@H](Cc3ccccc3)C2)cc1OC1CCCC1. The normalized spacial score (nSPS) is 18.2. The number of methoxy groups -OCH3 is 1. The average Bonchev–Trinajstić information content (AvgIpc) is 3.47. The summed E-state index contributed by atoms with van der Waals surface area (Å²) in [6.45, 7) is 2.65. The predicted molar refractivity (Wildman–Crippen MR) is 149 cm³/mol. The van der Waals surface area contributed by atoms with Crippen LogP contribution >= 0.6 is 0 Å². The van der Waals surface area contributed by atoms with Gasteiger partial charge in [-0.05, 0) is 61.9 Å². The van der Waals surface area contributed by atoms with E-state index in [4.69, 9.17) is 14.3 Å². The maximum atomic E-state index is 12.8. The highest BCUT2D eigenvalue weighted by atomic mass is 16.7. The van der Waals surface area contributed by atoms with Gasteiger partial charge >= 0.3 is 0 Å². The summed E-state index contributed by atoms with van der Waals surface area (Å²) >= 11 is 0. The van der Waals surface area contributed by atoms with Gasteiger partial charge in [-0.25, -0.2) is 0 Å². The molecule has 1 saturated heterocycles. The summed E-state index contributed by atoms with van der Waals surface area (Å²) in [5.41, 5.74) is 4.98. The number of nitrogens with zero attached hydrogens (tertiary/aromatic N) is 2. The lowest BCUT2D eigenvalue weighted by Gasteiger charge is -2.42. The molecule has 0 radical (unpaired) electrons. The Morgan fingerprint density at radius 2 is 1.66 bits per heavy atom. The Kier molecular flexibility index (Phi) is 8.66. The number of hydrogen-bond donors (Lipinski definition) is 1. The number of hydrogen-bond acceptors (Lipinski definition) is 6. The molecule has 38 heavy (non-hydrogen) atoms. The molecule has 1 atom stereocenters. The number of nitrogens with one attached hydrogen (secondary N) is 1.